The Hall–Kier alpha value is -1.37. The second-order valence-corrected chi connectivity index (χ2v) is 5.66. The molecular formula is C13H17F3N4. The molecule has 1 aromatic heterocycles. The van der Waals surface area contributed by atoms with Crippen LogP contribution >= 0.6 is 0 Å². The summed E-state index contributed by atoms with van der Waals surface area (Å²) in [6, 6.07) is 1.03. The molecule has 2 heterocycles. The van der Waals surface area contributed by atoms with Gasteiger partial charge in [-0.3, -0.25) is 0 Å². The number of nitrogens with zero attached hydrogens (tertiary/aromatic N) is 2. The van der Waals surface area contributed by atoms with Crippen molar-refractivity contribution in [3.63, 3.8) is 0 Å². The van der Waals surface area contributed by atoms with Crippen LogP contribution in [0, 0.1) is 0 Å². The van der Waals surface area contributed by atoms with Crippen LogP contribution in [0.25, 0.3) is 0 Å². The normalized spacial score (nSPS) is 25.2. The van der Waals surface area contributed by atoms with Gasteiger partial charge < -0.3 is 10.6 Å². The summed E-state index contributed by atoms with van der Waals surface area (Å²) < 4.78 is 37.8. The lowest BCUT2D eigenvalue weighted by Gasteiger charge is -2.48. The molecule has 1 aliphatic carbocycles. The molecule has 4 nitrogen and oxygen atoms in total. The van der Waals surface area contributed by atoms with Crippen LogP contribution in [0.15, 0.2) is 12.3 Å². The highest BCUT2D eigenvalue weighted by Crippen LogP contribution is 2.38. The fourth-order valence-electron chi connectivity index (χ4n) is 3.03. The van der Waals surface area contributed by atoms with Gasteiger partial charge >= 0.3 is 6.18 Å². The largest absolute Gasteiger partial charge is 0.433 e. The van der Waals surface area contributed by atoms with Gasteiger partial charge in [0, 0.05) is 17.8 Å². The monoisotopic (exact) mass is 286 g/mol. The summed E-state index contributed by atoms with van der Waals surface area (Å²) in [7, 11) is 0. The summed E-state index contributed by atoms with van der Waals surface area (Å²) in [6.07, 6.45) is 2.04. The molecule has 1 spiro atoms. The SMILES string of the molecule is FC(F)(F)c1ccnc(NC2CCNC3(CCC3)C2)n1. The molecule has 0 aromatic carbocycles. The summed E-state index contributed by atoms with van der Waals surface area (Å²) in [5, 5.41) is 6.58. The Kier molecular flexibility index (Phi) is 3.32. The fraction of sp³-hybridized carbons (Fsp3) is 0.692. The lowest BCUT2D eigenvalue weighted by Crippen LogP contribution is -2.58. The van der Waals surface area contributed by atoms with Crippen LogP contribution in [-0.2, 0) is 6.18 Å². The Balaban J connectivity index is 1.68. The average molecular weight is 286 g/mol. The van der Waals surface area contributed by atoms with Crippen molar-refractivity contribution in [2.24, 2.45) is 0 Å². The van der Waals surface area contributed by atoms with Crippen LogP contribution in [0.5, 0.6) is 0 Å². The van der Waals surface area contributed by atoms with Gasteiger partial charge in [0.15, 0.2) is 0 Å². The van der Waals surface area contributed by atoms with E-state index in [9.17, 15) is 13.2 Å². The first-order chi connectivity index (χ1) is 9.47. The molecule has 1 saturated carbocycles. The number of hydrogen-bond donors (Lipinski definition) is 2. The zero-order chi connectivity index (χ0) is 14.2. The molecule has 2 N–H and O–H groups in total. The molecule has 1 unspecified atom stereocenters. The minimum absolute atomic E-state index is 0.0706. The lowest BCUT2D eigenvalue weighted by atomic mass is 9.70. The molecule has 0 bridgehead atoms. The summed E-state index contributed by atoms with van der Waals surface area (Å²) in [6.45, 7) is 0.886. The highest BCUT2D eigenvalue weighted by atomic mass is 19.4. The van der Waals surface area contributed by atoms with E-state index in [1.165, 1.54) is 6.42 Å². The molecule has 2 fully saturated rings. The Bertz CT molecular complexity index is 485. The quantitative estimate of drug-likeness (QED) is 0.877. The van der Waals surface area contributed by atoms with E-state index in [0.717, 1.165) is 44.5 Å². The van der Waals surface area contributed by atoms with Crippen molar-refractivity contribution in [2.45, 2.75) is 49.9 Å². The van der Waals surface area contributed by atoms with Gasteiger partial charge in [0.2, 0.25) is 5.95 Å². The number of aromatic nitrogens is 2. The van der Waals surface area contributed by atoms with Crippen LogP contribution in [0.4, 0.5) is 19.1 Å². The number of alkyl halides is 3. The van der Waals surface area contributed by atoms with Crippen molar-refractivity contribution in [1.29, 1.82) is 0 Å². The molecule has 1 saturated heterocycles. The molecule has 1 aliphatic heterocycles. The van der Waals surface area contributed by atoms with Crippen LogP contribution in [-0.4, -0.2) is 28.1 Å². The molecule has 0 amide bonds. The van der Waals surface area contributed by atoms with Crippen LogP contribution in [0.3, 0.4) is 0 Å². The fourth-order valence-corrected chi connectivity index (χ4v) is 3.03. The highest BCUT2D eigenvalue weighted by Gasteiger charge is 2.41. The Labute approximate surface area is 115 Å². The van der Waals surface area contributed by atoms with Crippen molar-refractivity contribution >= 4 is 5.95 Å². The molecule has 20 heavy (non-hydrogen) atoms. The van der Waals surface area contributed by atoms with Crippen molar-refractivity contribution in [1.82, 2.24) is 15.3 Å². The van der Waals surface area contributed by atoms with Gasteiger partial charge in [-0.15, -0.1) is 0 Å². The standard InChI is InChI=1S/C13H17F3N4/c14-13(15,16)10-3-6-17-11(20-10)19-9-2-7-18-12(8-9)4-1-5-12/h3,6,9,18H,1-2,4-5,7-8H2,(H,17,19,20). The third kappa shape index (κ3) is 2.72. The Morgan fingerprint density at radius 2 is 2.15 bits per heavy atom. The summed E-state index contributed by atoms with van der Waals surface area (Å²) in [5.74, 6) is 0.0706. The number of hydrogen-bond acceptors (Lipinski definition) is 4. The van der Waals surface area contributed by atoms with E-state index < -0.39 is 11.9 Å². The van der Waals surface area contributed by atoms with Gasteiger partial charge in [-0.1, -0.05) is 0 Å². The van der Waals surface area contributed by atoms with E-state index >= 15 is 0 Å². The number of anilines is 1. The maximum absolute atomic E-state index is 12.6. The van der Waals surface area contributed by atoms with E-state index in [1.807, 2.05) is 0 Å². The van der Waals surface area contributed by atoms with E-state index in [-0.39, 0.29) is 17.5 Å². The van der Waals surface area contributed by atoms with Gasteiger partial charge in [0.1, 0.15) is 5.69 Å². The molecule has 7 heteroatoms. The highest BCUT2D eigenvalue weighted by molar-refractivity contribution is 5.28. The smallest absolute Gasteiger partial charge is 0.351 e. The van der Waals surface area contributed by atoms with Crippen LogP contribution in [0.1, 0.15) is 37.8 Å². The maximum Gasteiger partial charge on any atom is 0.433 e. The summed E-state index contributed by atoms with van der Waals surface area (Å²) in [4.78, 5) is 7.46. The Morgan fingerprint density at radius 3 is 2.80 bits per heavy atom. The minimum atomic E-state index is -4.43. The van der Waals surface area contributed by atoms with Gasteiger partial charge in [-0.2, -0.15) is 13.2 Å². The first-order valence-electron chi connectivity index (χ1n) is 6.89. The van der Waals surface area contributed by atoms with Gasteiger partial charge in [-0.05, 0) is 44.7 Å². The molecule has 1 atom stereocenters. The third-order valence-electron chi connectivity index (χ3n) is 4.22. The van der Waals surface area contributed by atoms with Crippen molar-refractivity contribution in [3.8, 4) is 0 Å². The number of halogens is 3. The van der Waals surface area contributed by atoms with Crippen LogP contribution < -0.4 is 10.6 Å². The first kappa shape index (κ1) is 13.6. The zero-order valence-electron chi connectivity index (χ0n) is 11.0. The van der Waals surface area contributed by atoms with Crippen molar-refractivity contribution in [2.75, 3.05) is 11.9 Å². The van der Waals surface area contributed by atoms with Gasteiger partial charge in [0.25, 0.3) is 0 Å². The molecule has 3 rings (SSSR count). The van der Waals surface area contributed by atoms with E-state index in [2.05, 4.69) is 20.6 Å². The first-order valence-corrected chi connectivity index (χ1v) is 6.89. The zero-order valence-corrected chi connectivity index (χ0v) is 11.0. The van der Waals surface area contributed by atoms with Gasteiger partial charge in [0.05, 0.1) is 0 Å². The third-order valence-corrected chi connectivity index (χ3v) is 4.22. The molecule has 1 aromatic rings. The number of nitrogens with one attached hydrogen (secondary N) is 2. The van der Waals surface area contributed by atoms with E-state index in [0.29, 0.717) is 0 Å². The molecule has 110 valence electrons. The minimum Gasteiger partial charge on any atom is -0.351 e. The van der Waals surface area contributed by atoms with E-state index in [4.69, 9.17) is 0 Å². The molecule has 0 radical (unpaired) electrons. The maximum atomic E-state index is 12.6. The second-order valence-electron chi connectivity index (χ2n) is 5.66. The van der Waals surface area contributed by atoms with Crippen LogP contribution in [0.2, 0.25) is 0 Å². The summed E-state index contributed by atoms with van der Waals surface area (Å²) in [5.41, 5.74) is -0.709. The second kappa shape index (κ2) is 4.87. The Morgan fingerprint density at radius 1 is 1.35 bits per heavy atom. The predicted molar refractivity (Wildman–Crippen MR) is 68.3 cm³/mol. The summed E-state index contributed by atoms with van der Waals surface area (Å²) >= 11 is 0. The average Bonchev–Trinajstić information content (AvgIpc) is 2.36. The van der Waals surface area contributed by atoms with Crippen molar-refractivity contribution in [3.05, 3.63) is 18.0 Å². The number of rotatable bonds is 2. The van der Waals surface area contributed by atoms with Gasteiger partial charge in [-0.25, -0.2) is 9.97 Å². The predicted octanol–water partition coefficient (Wildman–Crippen LogP) is 2.58. The topological polar surface area (TPSA) is 49.8 Å². The molecule has 2 aliphatic rings. The lowest BCUT2D eigenvalue weighted by molar-refractivity contribution is -0.141. The van der Waals surface area contributed by atoms with E-state index in [1.54, 1.807) is 0 Å². The number of piperidine rings is 1. The molecular weight excluding hydrogens is 269 g/mol. The van der Waals surface area contributed by atoms with Crippen molar-refractivity contribution < 1.29 is 13.2 Å².